The molecule has 0 saturated heterocycles. The van der Waals surface area contributed by atoms with Crippen molar-refractivity contribution in [2.45, 2.75) is 17.9 Å². The number of likely N-dealkylation sites (N-methyl/N-ethyl adjacent to an activating group) is 1. The first-order valence-corrected chi connectivity index (χ1v) is 7.64. The Labute approximate surface area is 123 Å². The third-order valence-corrected chi connectivity index (χ3v) is 4.76. The molecule has 0 spiro atoms. The zero-order valence-electron chi connectivity index (χ0n) is 11.2. The highest BCUT2D eigenvalue weighted by Crippen LogP contribution is 2.25. The smallest absolute Gasteiger partial charge is 0.244 e. The van der Waals surface area contributed by atoms with Gasteiger partial charge in [0.15, 0.2) is 0 Å². The van der Waals surface area contributed by atoms with Gasteiger partial charge in [0.2, 0.25) is 10.0 Å². The summed E-state index contributed by atoms with van der Waals surface area (Å²) in [5.74, 6) is 5.10. The van der Waals surface area contributed by atoms with E-state index >= 15 is 0 Å². The molecule has 0 fully saturated rings. The monoisotopic (exact) mass is 317 g/mol. The predicted molar refractivity (Wildman–Crippen MR) is 76.9 cm³/mol. The van der Waals surface area contributed by atoms with Crippen LogP contribution in [-0.4, -0.2) is 49.2 Å². The summed E-state index contributed by atoms with van der Waals surface area (Å²) in [4.78, 5) is -0.0446. The van der Waals surface area contributed by atoms with Gasteiger partial charge in [-0.1, -0.05) is 23.4 Å². The van der Waals surface area contributed by atoms with Gasteiger partial charge < -0.3 is 10.2 Å². The summed E-state index contributed by atoms with van der Waals surface area (Å²) in [6, 6.07) is 4.29. The van der Waals surface area contributed by atoms with Gasteiger partial charge in [-0.15, -0.1) is 0 Å². The van der Waals surface area contributed by atoms with Gasteiger partial charge >= 0.3 is 0 Å². The van der Waals surface area contributed by atoms with E-state index in [0.29, 0.717) is 5.56 Å². The van der Waals surface area contributed by atoms with Crippen LogP contribution in [0.2, 0.25) is 5.02 Å². The zero-order valence-corrected chi connectivity index (χ0v) is 12.7. The van der Waals surface area contributed by atoms with Crippen molar-refractivity contribution in [1.82, 2.24) is 4.31 Å². The van der Waals surface area contributed by atoms with Crippen molar-refractivity contribution in [3.63, 3.8) is 0 Å². The second-order valence-electron chi connectivity index (χ2n) is 4.24. The van der Waals surface area contributed by atoms with Crippen LogP contribution >= 0.6 is 11.6 Å². The Morgan fingerprint density at radius 1 is 1.45 bits per heavy atom. The molecule has 0 aliphatic carbocycles. The molecule has 1 unspecified atom stereocenters. The lowest BCUT2D eigenvalue weighted by Gasteiger charge is -2.19. The van der Waals surface area contributed by atoms with E-state index in [4.69, 9.17) is 16.7 Å². The second kappa shape index (κ2) is 7.07. The summed E-state index contributed by atoms with van der Waals surface area (Å²) < 4.78 is 25.6. The van der Waals surface area contributed by atoms with Gasteiger partial charge in [0.25, 0.3) is 0 Å². The first-order chi connectivity index (χ1) is 9.28. The van der Waals surface area contributed by atoms with Gasteiger partial charge in [-0.25, -0.2) is 8.42 Å². The number of hydrogen-bond donors (Lipinski definition) is 2. The van der Waals surface area contributed by atoms with Crippen LogP contribution < -0.4 is 0 Å². The standard InChI is InChI=1S/C13H16ClNO4S/c1-10(17)9-15(2)20(18,19)13-6-5-11(4-3-7-16)8-12(13)14/h5-6,8,10,16-17H,7,9H2,1-2H3. The topological polar surface area (TPSA) is 77.8 Å². The first-order valence-electron chi connectivity index (χ1n) is 5.82. The number of aliphatic hydroxyl groups excluding tert-OH is 2. The molecular weight excluding hydrogens is 302 g/mol. The van der Waals surface area contributed by atoms with Crippen molar-refractivity contribution in [3.8, 4) is 11.8 Å². The highest BCUT2D eigenvalue weighted by atomic mass is 35.5. The highest BCUT2D eigenvalue weighted by molar-refractivity contribution is 7.89. The minimum absolute atomic E-state index is 0.0231. The average molecular weight is 318 g/mol. The number of nitrogens with zero attached hydrogens (tertiary/aromatic N) is 1. The fourth-order valence-corrected chi connectivity index (χ4v) is 3.33. The van der Waals surface area contributed by atoms with Gasteiger partial charge in [0, 0.05) is 19.2 Å². The minimum Gasteiger partial charge on any atom is -0.392 e. The SMILES string of the molecule is CC(O)CN(C)S(=O)(=O)c1ccc(C#CCO)cc1Cl. The van der Waals surface area contributed by atoms with Gasteiger partial charge in [0.05, 0.1) is 11.1 Å². The third kappa shape index (κ3) is 4.20. The quantitative estimate of drug-likeness (QED) is 0.801. The van der Waals surface area contributed by atoms with Crippen molar-refractivity contribution in [2.75, 3.05) is 20.2 Å². The summed E-state index contributed by atoms with van der Waals surface area (Å²) >= 11 is 5.97. The molecule has 0 amide bonds. The Morgan fingerprint density at radius 2 is 2.10 bits per heavy atom. The van der Waals surface area contributed by atoms with Crippen molar-refractivity contribution in [2.24, 2.45) is 0 Å². The molecule has 0 aromatic heterocycles. The van der Waals surface area contributed by atoms with Crippen LogP contribution in [0.25, 0.3) is 0 Å². The largest absolute Gasteiger partial charge is 0.392 e. The van der Waals surface area contributed by atoms with Crippen LogP contribution in [0.15, 0.2) is 23.1 Å². The van der Waals surface area contributed by atoms with E-state index in [0.717, 1.165) is 4.31 Å². The highest BCUT2D eigenvalue weighted by Gasteiger charge is 2.24. The van der Waals surface area contributed by atoms with Gasteiger partial charge in [-0.3, -0.25) is 0 Å². The summed E-state index contributed by atoms with van der Waals surface area (Å²) in [6.07, 6.45) is -0.775. The molecular formula is C13H16ClNO4S. The van der Waals surface area contributed by atoms with Gasteiger partial charge in [-0.2, -0.15) is 4.31 Å². The number of rotatable bonds is 4. The lowest BCUT2D eigenvalue weighted by molar-refractivity contribution is 0.171. The molecule has 1 aromatic rings. The van der Waals surface area contributed by atoms with E-state index in [1.54, 1.807) is 0 Å². The fraction of sp³-hybridized carbons (Fsp3) is 0.385. The number of benzene rings is 1. The number of aliphatic hydroxyl groups is 2. The molecule has 5 nitrogen and oxygen atoms in total. The lowest BCUT2D eigenvalue weighted by atomic mass is 10.2. The Balaban J connectivity index is 3.14. The van der Waals surface area contributed by atoms with E-state index in [9.17, 15) is 13.5 Å². The number of sulfonamides is 1. The van der Waals surface area contributed by atoms with Crippen molar-refractivity contribution < 1.29 is 18.6 Å². The number of halogens is 1. The molecule has 1 rings (SSSR count). The van der Waals surface area contributed by atoms with Crippen LogP contribution in [0, 0.1) is 11.8 Å². The normalized spacial score (nSPS) is 12.9. The summed E-state index contributed by atoms with van der Waals surface area (Å²) in [5, 5.41) is 17.9. The zero-order chi connectivity index (χ0) is 15.3. The van der Waals surface area contributed by atoms with Crippen LogP contribution in [0.4, 0.5) is 0 Å². The van der Waals surface area contributed by atoms with Crippen molar-refractivity contribution >= 4 is 21.6 Å². The molecule has 0 aliphatic heterocycles. The predicted octanol–water partition coefficient (Wildman–Crippen LogP) is 0.685. The number of hydrogen-bond acceptors (Lipinski definition) is 4. The Bertz CT molecular complexity index is 632. The molecule has 2 N–H and O–H groups in total. The molecule has 0 bridgehead atoms. The van der Waals surface area contributed by atoms with E-state index in [2.05, 4.69) is 11.8 Å². The van der Waals surface area contributed by atoms with E-state index in [1.807, 2.05) is 0 Å². The minimum atomic E-state index is -3.76. The summed E-state index contributed by atoms with van der Waals surface area (Å²) in [7, 11) is -2.39. The first kappa shape index (κ1) is 17.0. The maximum absolute atomic E-state index is 12.3. The second-order valence-corrected chi connectivity index (χ2v) is 6.66. The van der Waals surface area contributed by atoms with Crippen LogP contribution in [0.3, 0.4) is 0 Å². The molecule has 1 aromatic carbocycles. The maximum atomic E-state index is 12.3. The lowest BCUT2D eigenvalue weighted by Crippen LogP contribution is -2.33. The fourth-order valence-electron chi connectivity index (χ4n) is 1.57. The molecule has 20 heavy (non-hydrogen) atoms. The maximum Gasteiger partial charge on any atom is 0.244 e. The van der Waals surface area contributed by atoms with E-state index in [1.165, 1.54) is 32.2 Å². The summed E-state index contributed by atoms with van der Waals surface area (Å²) in [5.41, 5.74) is 0.515. The van der Waals surface area contributed by atoms with Crippen molar-refractivity contribution in [3.05, 3.63) is 28.8 Å². The Morgan fingerprint density at radius 3 is 2.60 bits per heavy atom. The molecule has 1 atom stereocenters. The molecule has 0 heterocycles. The molecule has 7 heteroatoms. The summed E-state index contributed by atoms with van der Waals surface area (Å²) in [6.45, 7) is 1.20. The molecule has 0 saturated carbocycles. The Kier molecular flexibility index (Phi) is 5.99. The molecule has 110 valence electrons. The molecule has 0 aliphatic rings. The van der Waals surface area contributed by atoms with Crippen molar-refractivity contribution in [1.29, 1.82) is 0 Å². The van der Waals surface area contributed by atoms with Crippen LogP contribution in [0.5, 0.6) is 0 Å². The third-order valence-electron chi connectivity index (χ3n) is 2.45. The van der Waals surface area contributed by atoms with E-state index in [-0.39, 0.29) is 23.1 Å². The van der Waals surface area contributed by atoms with Crippen LogP contribution in [0.1, 0.15) is 12.5 Å². The average Bonchev–Trinajstić information content (AvgIpc) is 2.35. The van der Waals surface area contributed by atoms with Gasteiger partial charge in [0.1, 0.15) is 11.5 Å². The van der Waals surface area contributed by atoms with Gasteiger partial charge in [-0.05, 0) is 25.1 Å². The van der Waals surface area contributed by atoms with Crippen LogP contribution in [-0.2, 0) is 10.0 Å². The molecule has 0 radical (unpaired) electrons. The Hall–Kier alpha value is -1.10. The van der Waals surface area contributed by atoms with E-state index < -0.39 is 16.1 Å².